The topological polar surface area (TPSA) is 92.1 Å². The molecule has 8 heteroatoms. The van der Waals surface area contributed by atoms with Crippen molar-refractivity contribution in [1.29, 1.82) is 0 Å². The number of piperidine rings is 1. The van der Waals surface area contributed by atoms with Crippen molar-refractivity contribution in [2.24, 2.45) is 23.7 Å². The summed E-state index contributed by atoms with van der Waals surface area (Å²) < 4.78 is 30.3. The van der Waals surface area contributed by atoms with Crippen LogP contribution in [0.1, 0.15) is 39.5 Å². The van der Waals surface area contributed by atoms with Crippen molar-refractivity contribution in [1.82, 2.24) is 9.88 Å². The van der Waals surface area contributed by atoms with Gasteiger partial charge in [-0.05, 0) is 55.4 Å². The van der Waals surface area contributed by atoms with Crippen LogP contribution in [0, 0.1) is 23.7 Å². The minimum absolute atomic E-state index is 0.166. The summed E-state index contributed by atoms with van der Waals surface area (Å²) in [7, 11) is -2.73. The summed E-state index contributed by atoms with van der Waals surface area (Å²) in [6.07, 6.45) is 7.06. The Morgan fingerprint density at radius 2 is 2.03 bits per heavy atom. The van der Waals surface area contributed by atoms with Crippen molar-refractivity contribution in [3.8, 4) is 5.88 Å². The molecule has 0 unspecified atom stereocenters. The van der Waals surface area contributed by atoms with Gasteiger partial charge in [-0.15, -0.1) is 0 Å². The Hall–Kier alpha value is -1.51. The molecule has 1 aromatic rings. The molecular weight excluding hydrogens is 392 g/mol. The third kappa shape index (κ3) is 6.49. The van der Waals surface area contributed by atoms with E-state index in [4.69, 9.17) is 9.47 Å². The van der Waals surface area contributed by atoms with Gasteiger partial charge in [-0.1, -0.05) is 13.8 Å². The highest BCUT2D eigenvalue weighted by atomic mass is 32.3. The van der Waals surface area contributed by atoms with E-state index in [1.165, 1.54) is 18.9 Å². The Morgan fingerprint density at radius 3 is 2.62 bits per heavy atom. The zero-order valence-electron chi connectivity index (χ0n) is 17.6. The minimum atomic E-state index is -2.73. The Kier molecular flexibility index (Phi) is 7.29. The number of pyridine rings is 1. The maximum atomic E-state index is 12.1. The van der Waals surface area contributed by atoms with Gasteiger partial charge in [0, 0.05) is 25.4 Å². The second-order valence-corrected chi connectivity index (χ2v) is 10.9. The van der Waals surface area contributed by atoms with Gasteiger partial charge in [0.1, 0.15) is 0 Å². The molecule has 1 amide bonds. The highest BCUT2D eigenvalue weighted by Crippen LogP contribution is 2.49. The standard InChI is InChI=1S/C21H34N2O5S/c1-15(2)14-28-21(24)23-9-6-16(7-10-23)19-12-17(19)8-11-27-20-5-4-18(13-22-20)29(3,25)26/h4-5,13,15-17,19,25-26H,6-12,14H2,1-3H3/t17-,19-/m1/s1. The first-order valence-corrected chi connectivity index (χ1v) is 12.4. The fourth-order valence-corrected chi connectivity index (χ4v) is 4.59. The molecule has 0 spiro atoms. The van der Waals surface area contributed by atoms with Gasteiger partial charge in [0.15, 0.2) is 0 Å². The van der Waals surface area contributed by atoms with E-state index in [-0.39, 0.29) is 6.09 Å². The molecule has 2 atom stereocenters. The van der Waals surface area contributed by atoms with Crippen LogP contribution in [0.2, 0.25) is 0 Å². The van der Waals surface area contributed by atoms with Gasteiger partial charge >= 0.3 is 6.09 Å². The molecule has 29 heavy (non-hydrogen) atoms. The highest BCUT2D eigenvalue weighted by Gasteiger charge is 2.43. The highest BCUT2D eigenvalue weighted by molar-refractivity contribution is 8.23. The Balaban J connectivity index is 1.32. The van der Waals surface area contributed by atoms with Crippen LogP contribution in [-0.4, -0.2) is 57.6 Å². The largest absolute Gasteiger partial charge is 0.478 e. The number of rotatable bonds is 8. The lowest BCUT2D eigenvalue weighted by Crippen LogP contribution is -2.39. The average Bonchev–Trinajstić information content (AvgIpc) is 3.45. The molecule has 1 saturated carbocycles. The summed E-state index contributed by atoms with van der Waals surface area (Å²) in [6.45, 7) is 6.80. The van der Waals surface area contributed by atoms with Gasteiger partial charge in [-0.25, -0.2) is 9.78 Å². The molecule has 0 bridgehead atoms. The number of hydrogen-bond acceptors (Lipinski definition) is 6. The predicted octanol–water partition coefficient (Wildman–Crippen LogP) is 4.73. The van der Waals surface area contributed by atoms with Crippen LogP contribution < -0.4 is 4.74 Å². The lowest BCUT2D eigenvalue weighted by atomic mass is 9.91. The van der Waals surface area contributed by atoms with Crippen molar-refractivity contribution >= 4 is 16.7 Å². The Morgan fingerprint density at radius 1 is 1.31 bits per heavy atom. The van der Waals surface area contributed by atoms with Crippen LogP contribution in [0.3, 0.4) is 0 Å². The summed E-state index contributed by atoms with van der Waals surface area (Å²) in [5, 5.41) is 0. The molecule has 3 rings (SSSR count). The molecule has 2 heterocycles. The van der Waals surface area contributed by atoms with Gasteiger partial charge in [0.2, 0.25) is 5.88 Å². The summed E-state index contributed by atoms with van der Waals surface area (Å²) in [5.74, 6) is 3.02. The van der Waals surface area contributed by atoms with Crippen molar-refractivity contribution in [3.05, 3.63) is 18.3 Å². The SMILES string of the molecule is CC(C)COC(=O)N1CCC([C@H]2C[C@H]2CCOc2ccc(S(C)(O)O)cn2)CC1. The Bertz CT molecular complexity index is 669. The molecule has 2 N–H and O–H groups in total. The second-order valence-electron chi connectivity index (χ2n) is 8.76. The van der Waals surface area contributed by atoms with E-state index in [0.29, 0.717) is 41.7 Å². The van der Waals surface area contributed by atoms with E-state index in [1.807, 2.05) is 18.7 Å². The first-order valence-electron chi connectivity index (χ1n) is 10.5. The van der Waals surface area contributed by atoms with Crippen LogP contribution in [0.5, 0.6) is 5.88 Å². The molecule has 0 aromatic carbocycles. The molecule has 0 radical (unpaired) electrons. The van der Waals surface area contributed by atoms with Gasteiger partial charge in [-0.3, -0.25) is 9.11 Å². The molecular formula is C21H34N2O5S. The number of nitrogens with zero attached hydrogens (tertiary/aromatic N) is 2. The minimum Gasteiger partial charge on any atom is -0.478 e. The first-order chi connectivity index (χ1) is 13.7. The quantitative estimate of drug-likeness (QED) is 0.624. The molecule has 1 aliphatic carbocycles. The lowest BCUT2D eigenvalue weighted by Gasteiger charge is -2.31. The maximum Gasteiger partial charge on any atom is 0.409 e. The summed E-state index contributed by atoms with van der Waals surface area (Å²) in [5.41, 5.74) is 0. The van der Waals surface area contributed by atoms with E-state index in [9.17, 15) is 13.9 Å². The van der Waals surface area contributed by atoms with Gasteiger partial charge in [0.05, 0.1) is 24.3 Å². The van der Waals surface area contributed by atoms with Crippen LogP contribution >= 0.6 is 10.6 Å². The molecule has 1 saturated heterocycles. The van der Waals surface area contributed by atoms with Gasteiger partial charge < -0.3 is 14.4 Å². The summed E-state index contributed by atoms with van der Waals surface area (Å²) in [4.78, 5) is 18.5. The molecule has 2 fully saturated rings. The normalized spacial score (nSPS) is 23.2. The third-order valence-electron chi connectivity index (χ3n) is 5.82. The van der Waals surface area contributed by atoms with E-state index in [1.54, 1.807) is 12.1 Å². The molecule has 2 aliphatic rings. The van der Waals surface area contributed by atoms with E-state index in [2.05, 4.69) is 4.98 Å². The second kappa shape index (κ2) is 9.53. The third-order valence-corrected chi connectivity index (χ3v) is 6.95. The van der Waals surface area contributed by atoms with Gasteiger partial charge in [-0.2, -0.15) is 10.6 Å². The molecule has 1 aliphatic heterocycles. The maximum absolute atomic E-state index is 12.1. The Labute approximate surface area is 175 Å². The van der Waals surface area contributed by atoms with E-state index < -0.39 is 10.6 Å². The first kappa shape index (κ1) is 22.2. The molecule has 7 nitrogen and oxygen atoms in total. The number of aromatic nitrogens is 1. The average molecular weight is 427 g/mol. The van der Waals surface area contributed by atoms with Crippen molar-refractivity contribution < 1.29 is 23.4 Å². The number of ether oxygens (including phenoxy) is 2. The zero-order chi connectivity index (χ0) is 21.0. The smallest absolute Gasteiger partial charge is 0.409 e. The number of amides is 1. The van der Waals surface area contributed by atoms with E-state index in [0.717, 1.165) is 38.3 Å². The summed E-state index contributed by atoms with van der Waals surface area (Å²) >= 11 is 0. The van der Waals surface area contributed by atoms with Crippen molar-refractivity contribution in [3.63, 3.8) is 0 Å². The number of likely N-dealkylation sites (tertiary alicyclic amines) is 1. The van der Waals surface area contributed by atoms with Crippen LogP contribution in [0.25, 0.3) is 0 Å². The fraction of sp³-hybridized carbons (Fsp3) is 0.714. The number of carbonyl (C=O) groups excluding carboxylic acids is 1. The van der Waals surface area contributed by atoms with Crippen molar-refractivity contribution in [2.45, 2.75) is 44.4 Å². The van der Waals surface area contributed by atoms with Crippen LogP contribution in [0.4, 0.5) is 4.79 Å². The van der Waals surface area contributed by atoms with E-state index >= 15 is 0 Å². The predicted molar refractivity (Wildman–Crippen MR) is 113 cm³/mol. The van der Waals surface area contributed by atoms with Crippen LogP contribution in [-0.2, 0) is 4.74 Å². The molecule has 164 valence electrons. The summed E-state index contributed by atoms with van der Waals surface area (Å²) in [6, 6.07) is 3.34. The monoisotopic (exact) mass is 426 g/mol. The van der Waals surface area contributed by atoms with Crippen LogP contribution in [0.15, 0.2) is 23.2 Å². The number of carbonyl (C=O) groups is 1. The zero-order valence-corrected chi connectivity index (χ0v) is 18.4. The number of hydrogen-bond donors (Lipinski definition) is 2. The van der Waals surface area contributed by atoms with Crippen molar-refractivity contribution in [2.75, 3.05) is 32.6 Å². The fourth-order valence-electron chi connectivity index (χ4n) is 4.02. The molecule has 1 aromatic heterocycles. The lowest BCUT2D eigenvalue weighted by molar-refractivity contribution is 0.0765. The van der Waals surface area contributed by atoms with Gasteiger partial charge in [0.25, 0.3) is 0 Å².